The fourth-order valence-electron chi connectivity index (χ4n) is 1.59. The van der Waals surface area contributed by atoms with Crippen LogP contribution in [0.2, 0.25) is 0 Å². The molecule has 1 heterocycles. The number of nitriles is 1. The summed E-state index contributed by atoms with van der Waals surface area (Å²) in [5, 5.41) is 12.8. The van der Waals surface area contributed by atoms with E-state index in [1.807, 2.05) is 6.07 Å². The normalized spacial score (nSPS) is 9.88. The molecule has 0 aliphatic rings. The van der Waals surface area contributed by atoms with Gasteiger partial charge in [-0.05, 0) is 31.2 Å². The number of hydrogen-bond donors (Lipinski definition) is 1. The number of nitrogens with two attached hydrogens (primary N) is 1. The van der Waals surface area contributed by atoms with Gasteiger partial charge in [0.05, 0.1) is 34.8 Å². The van der Waals surface area contributed by atoms with Gasteiger partial charge in [0.25, 0.3) is 5.91 Å². The highest BCUT2D eigenvalue weighted by Gasteiger charge is 2.11. The average Bonchev–Trinajstić information content (AvgIpc) is 2.71. The van der Waals surface area contributed by atoms with Gasteiger partial charge in [0.2, 0.25) is 0 Å². The summed E-state index contributed by atoms with van der Waals surface area (Å²) in [4.78, 5) is 11.1. The van der Waals surface area contributed by atoms with E-state index < -0.39 is 5.91 Å². The molecule has 5 nitrogen and oxygen atoms in total. The molecule has 17 heavy (non-hydrogen) atoms. The monoisotopic (exact) mass is 226 g/mol. The van der Waals surface area contributed by atoms with E-state index in [1.165, 1.54) is 6.20 Å². The van der Waals surface area contributed by atoms with E-state index in [9.17, 15) is 4.79 Å². The fourth-order valence-corrected chi connectivity index (χ4v) is 1.59. The van der Waals surface area contributed by atoms with Crippen LogP contribution in [0.1, 0.15) is 21.6 Å². The molecule has 1 aromatic heterocycles. The van der Waals surface area contributed by atoms with E-state index in [1.54, 1.807) is 35.9 Å². The second kappa shape index (κ2) is 4.10. The van der Waals surface area contributed by atoms with Crippen molar-refractivity contribution in [2.24, 2.45) is 5.73 Å². The SMILES string of the molecule is Cc1c(C(N)=O)cnn1-c1ccc(C#N)cc1. The van der Waals surface area contributed by atoms with Crippen LogP contribution in [0.5, 0.6) is 0 Å². The minimum atomic E-state index is -0.498. The topological polar surface area (TPSA) is 84.7 Å². The zero-order valence-corrected chi connectivity index (χ0v) is 9.21. The molecule has 0 bridgehead atoms. The maximum absolute atomic E-state index is 11.1. The molecule has 0 spiro atoms. The van der Waals surface area contributed by atoms with Gasteiger partial charge in [-0.1, -0.05) is 0 Å². The van der Waals surface area contributed by atoms with E-state index >= 15 is 0 Å². The van der Waals surface area contributed by atoms with E-state index in [0.717, 1.165) is 5.69 Å². The molecule has 2 N–H and O–H groups in total. The van der Waals surface area contributed by atoms with Crippen molar-refractivity contribution in [3.8, 4) is 11.8 Å². The van der Waals surface area contributed by atoms with Gasteiger partial charge in [-0.25, -0.2) is 4.68 Å². The molecule has 0 saturated heterocycles. The molecule has 1 aromatic carbocycles. The number of carbonyl (C=O) groups is 1. The molecular formula is C12H10N4O. The van der Waals surface area contributed by atoms with Crippen LogP contribution in [0, 0.1) is 18.3 Å². The minimum Gasteiger partial charge on any atom is -0.365 e. The predicted molar refractivity (Wildman–Crippen MR) is 61.5 cm³/mol. The van der Waals surface area contributed by atoms with E-state index in [4.69, 9.17) is 11.0 Å². The summed E-state index contributed by atoms with van der Waals surface area (Å²) in [5.74, 6) is -0.498. The lowest BCUT2D eigenvalue weighted by molar-refractivity contribution is 0.0999. The molecule has 0 saturated carbocycles. The molecule has 0 unspecified atom stereocenters. The number of amides is 1. The highest BCUT2D eigenvalue weighted by atomic mass is 16.1. The quantitative estimate of drug-likeness (QED) is 0.833. The number of rotatable bonds is 2. The third-order valence-corrected chi connectivity index (χ3v) is 2.52. The van der Waals surface area contributed by atoms with Crippen LogP contribution in [0.4, 0.5) is 0 Å². The first kappa shape index (κ1) is 10.9. The Morgan fingerprint density at radius 3 is 2.53 bits per heavy atom. The minimum absolute atomic E-state index is 0.398. The highest BCUT2D eigenvalue weighted by Crippen LogP contribution is 2.14. The first-order valence-electron chi connectivity index (χ1n) is 4.98. The summed E-state index contributed by atoms with van der Waals surface area (Å²) in [6, 6.07) is 8.96. The van der Waals surface area contributed by atoms with E-state index in [-0.39, 0.29) is 0 Å². The second-order valence-electron chi connectivity index (χ2n) is 3.58. The largest absolute Gasteiger partial charge is 0.365 e. The summed E-state index contributed by atoms with van der Waals surface area (Å²) < 4.78 is 1.61. The Morgan fingerprint density at radius 2 is 2.06 bits per heavy atom. The Bertz CT molecular complexity index is 604. The fraction of sp³-hybridized carbons (Fsp3) is 0.0833. The molecule has 5 heteroatoms. The standard InChI is InChI=1S/C12H10N4O/c1-8-11(12(14)17)7-15-16(8)10-4-2-9(6-13)3-5-10/h2-5,7H,1H3,(H2,14,17). The Morgan fingerprint density at radius 1 is 1.41 bits per heavy atom. The van der Waals surface area contributed by atoms with Gasteiger partial charge in [0.1, 0.15) is 0 Å². The van der Waals surface area contributed by atoms with Gasteiger partial charge in [0, 0.05) is 0 Å². The van der Waals surface area contributed by atoms with Crippen LogP contribution in [0.25, 0.3) is 5.69 Å². The lowest BCUT2D eigenvalue weighted by Crippen LogP contribution is -2.12. The van der Waals surface area contributed by atoms with Crippen LogP contribution >= 0.6 is 0 Å². The van der Waals surface area contributed by atoms with Crippen molar-refractivity contribution in [2.45, 2.75) is 6.92 Å². The van der Waals surface area contributed by atoms with Gasteiger partial charge in [-0.2, -0.15) is 10.4 Å². The summed E-state index contributed by atoms with van der Waals surface area (Å²) in [6.07, 6.45) is 1.44. The predicted octanol–water partition coefficient (Wildman–Crippen LogP) is 1.15. The Hall–Kier alpha value is -2.61. The third kappa shape index (κ3) is 1.88. The molecule has 0 fully saturated rings. The third-order valence-electron chi connectivity index (χ3n) is 2.52. The van der Waals surface area contributed by atoms with Crippen LogP contribution in [-0.4, -0.2) is 15.7 Å². The first-order chi connectivity index (χ1) is 8.13. The van der Waals surface area contributed by atoms with E-state index in [0.29, 0.717) is 16.8 Å². The number of hydrogen-bond acceptors (Lipinski definition) is 3. The van der Waals surface area contributed by atoms with Gasteiger partial charge in [0.15, 0.2) is 0 Å². The van der Waals surface area contributed by atoms with Gasteiger partial charge < -0.3 is 5.73 Å². The van der Waals surface area contributed by atoms with Crippen LogP contribution < -0.4 is 5.73 Å². The molecule has 84 valence electrons. The van der Waals surface area contributed by atoms with Crippen molar-refractivity contribution in [3.63, 3.8) is 0 Å². The molecule has 1 amide bonds. The lowest BCUT2D eigenvalue weighted by Gasteiger charge is -2.04. The zero-order valence-electron chi connectivity index (χ0n) is 9.21. The highest BCUT2D eigenvalue weighted by molar-refractivity contribution is 5.93. The Balaban J connectivity index is 2.47. The van der Waals surface area contributed by atoms with Crippen molar-refractivity contribution in [1.82, 2.24) is 9.78 Å². The van der Waals surface area contributed by atoms with Crippen molar-refractivity contribution in [2.75, 3.05) is 0 Å². The maximum Gasteiger partial charge on any atom is 0.252 e. The second-order valence-corrected chi connectivity index (χ2v) is 3.58. The molecule has 0 radical (unpaired) electrons. The summed E-state index contributed by atoms with van der Waals surface area (Å²) in [6.45, 7) is 1.77. The maximum atomic E-state index is 11.1. The number of nitrogens with zero attached hydrogens (tertiary/aromatic N) is 3. The van der Waals surface area contributed by atoms with Crippen molar-refractivity contribution < 1.29 is 4.79 Å². The van der Waals surface area contributed by atoms with Crippen molar-refractivity contribution >= 4 is 5.91 Å². The molecule has 2 rings (SSSR count). The number of primary amides is 1. The smallest absolute Gasteiger partial charge is 0.252 e. The molecule has 0 atom stereocenters. The molecule has 0 aliphatic heterocycles. The van der Waals surface area contributed by atoms with Gasteiger partial charge >= 0.3 is 0 Å². The van der Waals surface area contributed by atoms with Crippen LogP contribution in [-0.2, 0) is 0 Å². The molecule has 0 aliphatic carbocycles. The Kier molecular flexibility index (Phi) is 2.63. The lowest BCUT2D eigenvalue weighted by atomic mass is 10.2. The summed E-state index contributed by atoms with van der Waals surface area (Å²) in [7, 11) is 0. The number of benzene rings is 1. The number of aromatic nitrogens is 2. The Labute approximate surface area is 98.1 Å². The van der Waals surface area contributed by atoms with Crippen LogP contribution in [0.15, 0.2) is 30.5 Å². The molecule has 2 aromatic rings. The van der Waals surface area contributed by atoms with Crippen molar-refractivity contribution in [3.05, 3.63) is 47.3 Å². The van der Waals surface area contributed by atoms with E-state index in [2.05, 4.69) is 5.10 Å². The number of carbonyl (C=O) groups excluding carboxylic acids is 1. The van der Waals surface area contributed by atoms with Gasteiger partial charge in [-0.3, -0.25) is 4.79 Å². The van der Waals surface area contributed by atoms with Crippen molar-refractivity contribution in [1.29, 1.82) is 5.26 Å². The first-order valence-corrected chi connectivity index (χ1v) is 4.98. The van der Waals surface area contributed by atoms with Crippen LogP contribution in [0.3, 0.4) is 0 Å². The van der Waals surface area contributed by atoms with Gasteiger partial charge in [-0.15, -0.1) is 0 Å². The summed E-state index contributed by atoms with van der Waals surface area (Å²) >= 11 is 0. The summed E-state index contributed by atoms with van der Waals surface area (Å²) in [5.41, 5.74) is 7.66. The average molecular weight is 226 g/mol. The molecular weight excluding hydrogens is 216 g/mol. The zero-order chi connectivity index (χ0) is 12.4.